The normalized spacial score (nSPS) is 20.6. The number of nitrogens with one attached hydrogen (secondary N) is 1. The lowest BCUT2D eigenvalue weighted by Crippen LogP contribution is -2.45. The first-order chi connectivity index (χ1) is 13.3. The van der Waals surface area contributed by atoms with Crippen LogP contribution < -0.4 is 5.32 Å². The van der Waals surface area contributed by atoms with E-state index in [9.17, 15) is 13.2 Å². The van der Waals surface area contributed by atoms with Crippen molar-refractivity contribution in [3.05, 3.63) is 33.8 Å². The van der Waals surface area contributed by atoms with E-state index in [1.165, 1.54) is 30.0 Å². The lowest BCUT2D eigenvalue weighted by atomic mass is 9.96. The Morgan fingerprint density at radius 2 is 1.68 bits per heavy atom. The van der Waals surface area contributed by atoms with Gasteiger partial charge in [-0.1, -0.05) is 55.0 Å². The monoisotopic (exact) mass is 446 g/mol. The molecule has 1 heterocycles. The van der Waals surface area contributed by atoms with E-state index in [0.29, 0.717) is 41.5 Å². The molecular formula is C20H28Cl2N2O3S. The minimum Gasteiger partial charge on any atom is -0.353 e. The van der Waals surface area contributed by atoms with Gasteiger partial charge in [-0.25, -0.2) is 12.7 Å². The summed E-state index contributed by atoms with van der Waals surface area (Å²) in [6.45, 7) is 0.743. The first-order valence-corrected chi connectivity index (χ1v) is 12.4. The fraction of sp³-hybridized carbons (Fsp3) is 0.650. The highest BCUT2D eigenvalue weighted by Gasteiger charge is 2.32. The van der Waals surface area contributed by atoms with Gasteiger partial charge >= 0.3 is 0 Å². The Kier molecular flexibility index (Phi) is 7.65. The van der Waals surface area contributed by atoms with Crippen LogP contribution in [0.4, 0.5) is 0 Å². The molecule has 0 radical (unpaired) electrons. The minimum atomic E-state index is -3.48. The van der Waals surface area contributed by atoms with Crippen LogP contribution in [0.5, 0.6) is 0 Å². The van der Waals surface area contributed by atoms with Crippen LogP contribution in [0.25, 0.3) is 0 Å². The summed E-state index contributed by atoms with van der Waals surface area (Å²) in [5.74, 6) is -0.166. The molecule has 2 aliphatic rings. The lowest BCUT2D eigenvalue weighted by Gasteiger charge is -2.31. The fourth-order valence-corrected chi connectivity index (χ4v) is 6.21. The van der Waals surface area contributed by atoms with Crippen molar-refractivity contribution in [1.29, 1.82) is 0 Å². The summed E-state index contributed by atoms with van der Waals surface area (Å²) in [6.07, 6.45) is 8.09. The Balaban J connectivity index is 1.52. The van der Waals surface area contributed by atoms with E-state index in [2.05, 4.69) is 5.32 Å². The Labute approximate surface area is 177 Å². The van der Waals surface area contributed by atoms with E-state index >= 15 is 0 Å². The topological polar surface area (TPSA) is 66.5 Å². The molecule has 1 aliphatic heterocycles. The fourth-order valence-electron chi connectivity index (χ4n) is 4.07. The smallest absolute Gasteiger partial charge is 0.223 e. The van der Waals surface area contributed by atoms with Gasteiger partial charge in [-0.3, -0.25) is 4.79 Å². The third-order valence-corrected chi connectivity index (χ3v) is 8.19. The second-order valence-electron chi connectivity index (χ2n) is 7.86. The highest BCUT2D eigenvalue weighted by atomic mass is 35.5. The molecule has 0 bridgehead atoms. The van der Waals surface area contributed by atoms with Crippen LogP contribution in [0.2, 0.25) is 10.0 Å². The van der Waals surface area contributed by atoms with Crippen molar-refractivity contribution in [3.8, 4) is 0 Å². The Bertz CT molecular complexity index is 785. The average molecular weight is 447 g/mol. The van der Waals surface area contributed by atoms with E-state index in [-0.39, 0.29) is 23.6 Å². The summed E-state index contributed by atoms with van der Waals surface area (Å²) >= 11 is 12.0. The molecule has 1 aromatic rings. The quantitative estimate of drug-likeness (QED) is 0.682. The molecule has 1 amide bonds. The molecule has 8 heteroatoms. The molecule has 1 saturated heterocycles. The summed E-state index contributed by atoms with van der Waals surface area (Å²) < 4.78 is 27.0. The Hall–Kier alpha value is -0.820. The predicted octanol–water partition coefficient (Wildman–Crippen LogP) is 4.37. The maximum atomic E-state index is 12.8. The van der Waals surface area contributed by atoms with E-state index in [4.69, 9.17) is 23.2 Å². The first-order valence-electron chi connectivity index (χ1n) is 10.1. The van der Waals surface area contributed by atoms with E-state index < -0.39 is 10.0 Å². The summed E-state index contributed by atoms with van der Waals surface area (Å²) in [5.41, 5.74) is 0.541. The average Bonchev–Trinajstić information content (AvgIpc) is 2.93. The van der Waals surface area contributed by atoms with Crippen molar-refractivity contribution in [2.45, 2.75) is 63.2 Å². The highest BCUT2D eigenvalue weighted by Crippen LogP contribution is 2.27. The van der Waals surface area contributed by atoms with Gasteiger partial charge in [-0.2, -0.15) is 0 Å². The van der Waals surface area contributed by atoms with Crippen LogP contribution in [-0.2, 0) is 20.6 Å². The number of halogens is 2. The number of benzene rings is 1. The number of carbonyl (C=O) groups is 1. The summed E-state index contributed by atoms with van der Waals surface area (Å²) in [6, 6.07) is 5.12. The maximum Gasteiger partial charge on any atom is 0.223 e. The number of rotatable bonds is 5. The maximum absolute atomic E-state index is 12.8. The van der Waals surface area contributed by atoms with E-state index in [0.717, 1.165) is 12.8 Å². The van der Waals surface area contributed by atoms with Crippen LogP contribution in [0.3, 0.4) is 0 Å². The molecule has 28 heavy (non-hydrogen) atoms. The zero-order chi connectivity index (χ0) is 20.1. The molecule has 2 fully saturated rings. The van der Waals surface area contributed by atoms with Gasteiger partial charge in [0.25, 0.3) is 0 Å². The number of hydrogen-bond donors (Lipinski definition) is 1. The zero-order valence-electron chi connectivity index (χ0n) is 16.0. The van der Waals surface area contributed by atoms with Gasteiger partial charge in [-0.05, 0) is 43.4 Å². The lowest BCUT2D eigenvalue weighted by molar-refractivity contribution is -0.126. The van der Waals surface area contributed by atoms with Gasteiger partial charge in [-0.15, -0.1) is 0 Å². The number of nitrogens with zero attached hydrogens (tertiary/aromatic N) is 1. The molecule has 0 aromatic heterocycles. The van der Waals surface area contributed by atoms with Crippen LogP contribution in [0, 0.1) is 5.92 Å². The van der Waals surface area contributed by atoms with Crippen LogP contribution >= 0.6 is 23.2 Å². The molecule has 156 valence electrons. The summed E-state index contributed by atoms with van der Waals surface area (Å²) in [5, 5.41) is 4.03. The number of amides is 1. The third-order valence-electron chi connectivity index (χ3n) is 5.77. The van der Waals surface area contributed by atoms with Crippen LogP contribution in [-0.4, -0.2) is 37.8 Å². The molecular weight excluding hydrogens is 419 g/mol. The predicted molar refractivity (Wildman–Crippen MR) is 113 cm³/mol. The first kappa shape index (κ1) is 21.9. The largest absolute Gasteiger partial charge is 0.353 e. The number of piperidine rings is 1. The van der Waals surface area contributed by atoms with Crippen molar-refractivity contribution in [2.75, 3.05) is 13.1 Å². The second kappa shape index (κ2) is 9.79. The third kappa shape index (κ3) is 5.85. The van der Waals surface area contributed by atoms with Gasteiger partial charge in [0.05, 0.1) is 5.75 Å². The van der Waals surface area contributed by atoms with Crippen LogP contribution in [0.1, 0.15) is 56.9 Å². The van der Waals surface area contributed by atoms with Crippen molar-refractivity contribution in [2.24, 2.45) is 5.92 Å². The van der Waals surface area contributed by atoms with Gasteiger partial charge in [0, 0.05) is 35.1 Å². The van der Waals surface area contributed by atoms with Gasteiger partial charge in [0.2, 0.25) is 15.9 Å². The highest BCUT2D eigenvalue weighted by molar-refractivity contribution is 7.88. The molecule has 3 rings (SSSR count). The molecule has 1 N–H and O–H groups in total. The van der Waals surface area contributed by atoms with Crippen molar-refractivity contribution < 1.29 is 13.2 Å². The SMILES string of the molecule is O=C(NC1CCCCCC1)C1CCN(S(=O)(=O)Cc2ccc(Cl)cc2Cl)CC1. The van der Waals surface area contributed by atoms with Gasteiger partial charge in [0.15, 0.2) is 0 Å². The van der Waals surface area contributed by atoms with Crippen molar-refractivity contribution in [3.63, 3.8) is 0 Å². The molecule has 1 aliphatic carbocycles. The Morgan fingerprint density at radius 1 is 1.04 bits per heavy atom. The number of sulfonamides is 1. The van der Waals surface area contributed by atoms with Crippen molar-refractivity contribution >= 4 is 39.1 Å². The molecule has 0 unspecified atom stereocenters. The standard InChI is InChI=1S/C20H28Cl2N2O3S/c21-17-8-7-16(19(22)13-17)14-28(26,27)24-11-9-15(10-12-24)20(25)23-18-5-3-1-2-4-6-18/h7-8,13,15,18H,1-6,9-12,14H2,(H,23,25). The van der Waals surface area contributed by atoms with E-state index in [1.54, 1.807) is 18.2 Å². The van der Waals surface area contributed by atoms with Gasteiger partial charge < -0.3 is 5.32 Å². The molecule has 5 nitrogen and oxygen atoms in total. The number of hydrogen-bond acceptors (Lipinski definition) is 3. The van der Waals surface area contributed by atoms with E-state index in [1.807, 2.05) is 0 Å². The molecule has 0 spiro atoms. The molecule has 1 aromatic carbocycles. The van der Waals surface area contributed by atoms with Crippen LogP contribution in [0.15, 0.2) is 18.2 Å². The van der Waals surface area contributed by atoms with Crippen molar-refractivity contribution in [1.82, 2.24) is 9.62 Å². The number of carbonyl (C=O) groups excluding carboxylic acids is 1. The van der Waals surface area contributed by atoms with Gasteiger partial charge in [0.1, 0.15) is 0 Å². The zero-order valence-corrected chi connectivity index (χ0v) is 18.3. The molecule has 0 atom stereocenters. The second-order valence-corrected chi connectivity index (χ2v) is 10.7. The summed E-state index contributed by atoms with van der Waals surface area (Å²) in [7, 11) is -3.48. The Morgan fingerprint density at radius 3 is 2.29 bits per heavy atom. The molecule has 1 saturated carbocycles. The summed E-state index contributed by atoms with van der Waals surface area (Å²) in [4.78, 5) is 12.6. The minimum absolute atomic E-state index is 0.0877.